The van der Waals surface area contributed by atoms with Crippen LogP contribution in [0.2, 0.25) is 0 Å². The molecule has 0 N–H and O–H groups in total. The molecular formula is C20H31NO3. The van der Waals surface area contributed by atoms with Gasteiger partial charge in [-0.3, -0.25) is 0 Å². The first kappa shape index (κ1) is 18.8. The van der Waals surface area contributed by atoms with Crippen LogP contribution in [0.1, 0.15) is 84.8 Å². The Morgan fingerprint density at radius 1 is 0.958 bits per heavy atom. The average molecular weight is 333 g/mol. The summed E-state index contributed by atoms with van der Waals surface area (Å²) >= 11 is 0. The maximum absolute atomic E-state index is 12.9. The van der Waals surface area contributed by atoms with Gasteiger partial charge in [0, 0.05) is 12.1 Å². The molecule has 0 bridgehead atoms. The van der Waals surface area contributed by atoms with Crippen molar-refractivity contribution in [3.63, 3.8) is 0 Å². The van der Waals surface area contributed by atoms with Crippen LogP contribution < -0.4 is 5.11 Å². The van der Waals surface area contributed by atoms with Crippen molar-refractivity contribution in [1.82, 2.24) is 0 Å². The minimum absolute atomic E-state index is 0.0145. The van der Waals surface area contributed by atoms with Gasteiger partial charge in [0.05, 0.1) is 4.91 Å². The normalized spacial score (nSPS) is 16.9. The van der Waals surface area contributed by atoms with Gasteiger partial charge in [0.2, 0.25) is 0 Å². The van der Waals surface area contributed by atoms with E-state index in [4.69, 9.17) is 4.84 Å². The van der Waals surface area contributed by atoms with Gasteiger partial charge in [0.15, 0.2) is 6.10 Å². The average Bonchev–Trinajstić information content (AvgIpc) is 2.46. The van der Waals surface area contributed by atoms with Gasteiger partial charge in [0.25, 0.3) is 4.92 Å². The molecule has 4 heteroatoms. The fourth-order valence-corrected chi connectivity index (χ4v) is 3.20. The molecule has 1 aliphatic carbocycles. The summed E-state index contributed by atoms with van der Waals surface area (Å²) in [5.41, 5.74) is 1.11. The quantitative estimate of drug-likeness (QED) is 0.729. The van der Waals surface area contributed by atoms with Crippen LogP contribution in [0.3, 0.4) is 0 Å². The fraction of sp³-hybridized carbons (Fsp3) is 0.700. The van der Waals surface area contributed by atoms with E-state index in [9.17, 15) is 10.0 Å². The molecule has 1 aromatic carbocycles. The first-order valence-electron chi connectivity index (χ1n) is 9.00. The van der Waals surface area contributed by atoms with E-state index in [0.29, 0.717) is 21.7 Å². The van der Waals surface area contributed by atoms with Crippen molar-refractivity contribution in [2.75, 3.05) is 0 Å². The van der Waals surface area contributed by atoms with E-state index >= 15 is 0 Å². The van der Waals surface area contributed by atoms with Gasteiger partial charge in [-0.1, -0.05) is 48.0 Å². The Bertz CT molecular complexity index is 567. The summed E-state index contributed by atoms with van der Waals surface area (Å²) < 4.78 is 0. The Morgan fingerprint density at radius 2 is 1.42 bits per heavy atom. The van der Waals surface area contributed by atoms with Crippen molar-refractivity contribution >= 4 is 5.69 Å². The van der Waals surface area contributed by atoms with Crippen molar-refractivity contribution in [2.45, 2.75) is 90.6 Å². The minimum Gasteiger partial charge on any atom is -0.872 e. The maximum Gasteiger partial charge on any atom is 0.317 e. The van der Waals surface area contributed by atoms with E-state index in [2.05, 4.69) is 0 Å². The Labute approximate surface area is 145 Å². The van der Waals surface area contributed by atoms with E-state index in [1.807, 2.05) is 41.5 Å². The van der Waals surface area contributed by atoms with Gasteiger partial charge in [0.1, 0.15) is 0 Å². The highest BCUT2D eigenvalue weighted by Crippen LogP contribution is 2.40. The third kappa shape index (κ3) is 4.28. The molecule has 1 aliphatic rings. The van der Waals surface area contributed by atoms with E-state index < -0.39 is 0 Å². The number of benzene rings is 1. The fourth-order valence-electron chi connectivity index (χ4n) is 3.20. The minimum atomic E-state index is -0.321. The van der Waals surface area contributed by atoms with Crippen LogP contribution >= 0.6 is 0 Å². The molecule has 1 fully saturated rings. The molecule has 0 aromatic heterocycles. The second-order valence-corrected chi connectivity index (χ2v) is 8.99. The molecule has 1 saturated carbocycles. The van der Waals surface area contributed by atoms with Crippen molar-refractivity contribution in [3.8, 4) is 5.75 Å². The third-order valence-corrected chi connectivity index (χ3v) is 4.70. The molecule has 134 valence electrons. The van der Waals surface area contributed by atoms with Gasteiger partial charge in [-0.2, -0.15) is 0 Å². The zero-order valence-electron chi connectivity index (χ0n) is 15.9. The summed E-state index contributed by atoms with van der Waals surface area (Å²) in [6.07, 6.45) is 5.27. The van der Waals surface area contributed by atoms with Crippen LogP contribution in [0.5, 0.6) is 5.75 Å². The standard InChI is InChI=1S/C20H31NO3/c1-19(2,3)16-12-14(13-17(18(16)22)20(4,5)6)21(23)24-15-10-8-7-9-11-15/h12-13,15H,7-11H2,1-6H3. The zero-order chi connectivity index (χ0) is 18.1. The molecule has 2 rings (SSSR count). The van der Waals surface area contributed by atoms with Crippen LogP contribution in [-0.4, -0.2) is 11.0 Å². The molecule has 4 nitrogen and oxygen atoms in total. The van der Waals surface area contributed by atoms with Crippen molar-refractivity contribution in [3.05, 3.63) is 28.2 Å². The lowest BCUT2D eigenvalue weighted by molar-refractivity contribution is -0.757. The predicted molar refractivity (Wildman–Crippen MR) is 94.5 cm³/mol. The molecule has 0 heterocycles. The van der Waals surface area contributed by atoms with Crippen LogP contribution in [0, 0.1) is 4.91 Å². The van der Waals surface area contributed by atoms with Gasteiger partial charge >= 0.3 is 5.69 Å². The second kappa shape index (κ2) is 6.73. The van der Waals surface area contributed by atoms with Crippen LogP contribution in [0.4, 0.5) is 5.69 Å². The van der Waals surface area contributed by atoms with Gasteiger partial charge in [-0.25, -0.2) is 4.84 Å². The molecule has 1 aromatic rings. The summed E-state index contributed by atoms with van der Waals surface area (Å²) in [7, 11) is 0. The Balaban J connectivity index is 2.40. The Hall–Kier alpha value is -1.58. The molecule has 0 unspecified atom stereocenters. The molecule has 0 spiro atoms. The van der Waals surface area contributed by atoms with Crippen molar-refractivity contribution in [2.24, 2.45) is 0 Å². The van der Waals surface area contributed by atoms with Crippen LogP contribution in [-0.2, 0) is 15.7 Å². The lowest BCUT2D eigenvalue weighted by Gasteiger charge is -2.32. The van der Waals surface area contributed by atoms with Crippen LogP contribution in [0.15, 0.2) is 12.1 Å². The van der Waals surface area contributed by atoms with E-state index in [0.717, 1.165) is 25.7 Å². The summed E-state index contributed by atoms with van der Waals surface area (Å²) in [6.45, 7) is 12.0. The summed E-state index contributed by atoms with van der Waals surface area (Å²) in [4.78, 5) is 18.8. The van der Waals surface area contributed by atoms with E-state index in [1.54, 1.807) is 12.1 Å². The van der Waals surface area contributed by atoms with Crippen molar-refractivity contribution < 1.29 is 14.9 Å². The monoisotopic (exact) mass is 333 g/mol. The predicted octanol–water partition coefficient (Wildman–Crippen LogP) is 5.03. The van der Waals surface area contributed by atoms with Gasteiger partial charge in [-0.05, 0) is 47.6 Å². The lowest BCUT2D eigenvalue weighted by atomic mass is 9.79. The van der Waals surface area contributed by atoms with E-state index in [1.165, 1.54) is 6.42 Å². The molecule has 24 heavy (non-hydrogen) atoms. The van der Waals surface area contributed by atoms with Gasteiger partial charge in [-0.15, -0.1) is 5.75 Å². The highest BCUT2D eigenvalue weighted by molar-refractivity contribution is 5.53. The summed E-state index contributed by atoms with van der Waals surface area (Å²) in [6, 6.07) is 3.40. The molecule has 0 radical (unpaired) electrons. The smallest absolute Gasteiger partial charge is 0.317 e. The maximum atomic E-state index is 12.9. The van der Waals surface area contributed by atoms with Crippen LogP contribution in [0.25, 0.3) is 0 Å². The second-order valence-electron chi connectivity index (χ2n) is 8.99. The lowest BCUT2D eigenvalue weighted by Crippen LogP contribution is -2.23. The first-order chi connectivity index (χ1) is 11.0. The largest absolute Gasteiger partial charge is 0.872 e. The molecule has 0 amide bonds. The molecular weight excluding hydrogens is 302 g/mol. The number of rotatable bonds is 3. The highest BCUT2D eigenvalue weighted by atomic mass is 16.8. The highest BCUT2D eigenvalue weighted by Gasteiger charge is 2.30. The third-order valence-electron chi connectivity index (χ3n) is 4.70. The number of hydrogen-bond acceptors (Lipinski definition) is 3. The Kier molecular flexibility index (Phi) is 5.26. The molecule has 0 atom stereocenters. The first-order valence-corrected chi connectivity index (χ1v) is 9.00. The SMILES string of the molecule is CC(C)(C)c1cc([N+](=O)OC2CCCCC2)cc(C(C)(C)C)c1[O-]. The number of hydrogen-bond donors (Lipinski definition) is 0. The van der Waals surface area contributed by atoms with Crippen molar-refractivity contribution in [1.29, 1.82) is 0 Å². The van der Waals surface area contributed by atoms with E-state index in [-0.39, 0.29) is 22.7 Å². The number of nitrogens with zero attached hydrogens (tertiary/aromatic N) is 1. The Morgan fingerprint density at radius 3 is 1.83 bits per heavy atom. The molecule has 0 saturated heterocycles. The van der Waals surface area contributed by atoms with Gasteiger partial charge < -0.3 is 5.11 Å². The summed E-state index contributed by atoms with van der Waals surface area (Å²) in [5.74, 6) is 0.0322. The topological polar surface area (TPSA) is 52.4 Å². The zero-order valence-corrected chi connectivity index (χ0v) is 15.9. The summed E-state index contributed by atoms with van der Waals surface area (Å²) in [5, 5.41) is 12.9. The molecule has 0 aliphatic heterocycles.